The van der Waals surface area contributed by atoms with Crippen molar-refractivity contribution >= 4 is 15.8 Å². The number of sulfonamides is 1. The highest BCUT2D eigenvalue weighted by atomic mass is 32.2. The van der Waals surface area contributed by atoms with Crippen molar-refractivity contribution in [2.45, 2.75) is 37.5 Å². The van der Waals surface area contributed by atoms with E-state index in [0.717, 1.165) is 22.4 Å². The van der Waals surface area contributed by atoms with Crippen molar-refractivity contribution in [1.29, 1.82) is 0 Å². The predicted octanol–water partition coefficient (Wildman–Crippen LogP) is 3.92. The van der Waals surface area contributed by atoms with Gasteiger partial charge in [-0.1, -0.05) is 35.4 Å². The third-order valence-corrected chi connectivity index (χ3v) is 8.17. The molecule has 2 aromatic rings. The summed E-state index contributed by atoms with van der Waals surface area (Å²) in [6.07, 6.45) is 4.14. The lowest BCUT2D eigenvalue weighted by molar-refractivity contribution is -0.116. The molecular weight excluding hydrogens is 398 g/mol. The zero-order valence-corrected chi connectivity index (χ0v) is 18.2. The van der Waals surface area contributed by atoms with Crippen molar-refractivity contribution in [2.24, 2.45) is 5.41 Å². The van der Waals surface area contributed by atoms with Crippen LogP contribution in [0.15, 0.2) is 65.1 Å². The molecule has 0 spiro atoms. The summed E-state index contributed by atoms with van der Waals surface area (Å²) in [6, 6.07) is 14.9. The minimum atomic E-state index is -3.59. The van der Waals surface area contributed by atoms with Gasteiger partial charge in [0.1, 0.15) is 5.75 Å². The summed E-state index contributed by atoms with van der Waals surface area (Å²) < 4.78 is 33.7. The standard InChI is InChI=1S/C24H27NO4S/c1-18-6-8-23(9-7-18)30(27,28)25-13-11-20-15-21(26)10-12-24(20,17-25)16-19-4-3-5-22(14-19)29-2/h3-9,14-15H,10-13,16-17H2,1-2H3. The smallest absolute Gasteiger partial charge is 0.243 e. The van der Waals surface area contributed by atoms with E-state index in [1.807, 2.05) is 43.3 Å². The fourth-order valence-corrected chi connectivity index (χ4v) is 6.14. The fourth-order valence-electron chi connectivity index (χ4n) is 4.62. The van der Waals surface area contributed by atoms with Crippen LogP contribution in [0.2, 0.25) is 0 Å². The highest BCUT2D eigenvalue weighted by Gasteiger charge is 2.45. The van der Waals surface area contributed by atoms with Crippen LogP contribution in [0.5, 0.6) is 5.75 Å². The molecule has 30 heavy (non-hydrogen) atoms. The van der Waals surface area contributed by atoms with Gasteiger partial charge in [0.15, 0.2) is 5.78 Å². The van der Waals surface area contributed by atoms with Crippen LogP contribution >= 0.6 is 0 Å². The Kier molecular flexibility index (Phi) is 5.55. The first-order chi connectivity index (χ1) is 14.3. The first kappa shape index (κ1) is 20.8. The van der Waals surface area contributed by atoms with E-state index >= 15 is 0 Å². The van der Waals surface area contributed by atoms with Gasteiger partial charge in [-0.2, -0.15) is 4.31 Å². The summed E-state index contributed by atoms with van der Waals surface area (Å²) in [5.74, 6) is 0.919. The van der Waals surface area contributed by atoms with Gasteiger partial charge in [0.25, 0.3) is 0 Å². The molecule has 2 aliphatic rings. The summed E-state index contributed by atoms with van der Waals surface area (Å²) in [6.45, 7) is 2.73. The molecular formula is C24H27NO4S. The number of benzene rings is 2. The molecule has 6 heteroatoms. The molecule has 1 fully saturated rings. The molecule has 1 aliphatic carbocycles. The lowest BCUT2D eigenvalue weighted by atomic mass is 9.66. The van der Waals surface area contributed by atoms with Gasteiger partial charge in [-0.25, -0.2) is 8.42 Å². The molecule has 0 saturated carbocycles. The van der Waals surface area contributed by atoms with Crippen molar-refractivity contribution in [3.63, 3.8) is 0 Å². The zero-order chi connectivity index (χ0) is 21.4. The summed E-state index contributed by atoms with van der Waals surface area (Å²) in [4.78, 5) is 12.4. The van der Waals surface area contributed by atoms with Gasteiger partial charge in [-0.05, 0) is 62.1 Å². The number of ketones is 1. The fraction of sp³-hybridized carbons (Fsp3) is 0.375. The van der Waals surface area contributed by atoms with E-state index in [4.69, 9.17) is 4.74 Å². The van der Waals surface area contributed by atoms with Gasteiger partial charge >= 0.3 is 0 Å². The Bertz CT molecular complexity index is 1090. The Hall–Kier alpha value is -2.44. The zero-order valence-electron chi connectivity index (χ0n) is 17.4. The number of aryl methyl sites for hydroxylation is 1. The van der Waals surface area contributed by atoms with Gasteiger partial charge in [-0.3, -0.25) is 4.79 Å². The number of hydrogen-bond acceptors (Lipinski definition) is 4. The van der Waals surface area contributed by atoms with Gasteiger partial charge in [0.2, 0.25) is 10.0 Å². The van der Waals surface area contributed by atoms with Crippen LogP contribution in [-0.4, -0.2) is 38.7 Å². The molecule has 2 aromatic carbocycles. The highest BCUT2D eigenvalue weighted by Crippen LogP contribution is 2.46. The van der Waals surface area contributed by atoms with Crippen LogP contribution in [-0.2, 0) is 21.2 Å². The maximum Gasteiger partial charge on any atom is 0.243 e. The summed E-state index contributed by atoms with van der Waals surface area (Å²) in [5.41, 5.74) is 2.83. The van der Waals surface area contributed by atoms with E-state index < -0.39 is 10.0 Å². The van der Waals surface area contributed by atoms with E-state index in [9.17, 15) is 13.2 Å². The Morgan fingerprint density at radius 2 is 1.87 bits per heavy atom. The molecule has 0 radical (unpaired) electrons. The summed E-state index contributed by atoms with van der Waals surface area (Å²) in [7, 11) is -1.95. The average Bonchev–Trinajstić information content (AvgIpc) is 2.74. The average molecular weight is 426 g/mol. The molecule has 0 aromatic heterocycles. The quantitative estimate of drug-likeness (QED) is 0.728. The molecule has 0 amide bonds. The number of nitrogens with zero attached hydrogens (tertiary/aromatic N) is 1. The molecule has 158 valence electrons. The summed E-state index contributed by atoms with van der Waals surface area (Å²) >= 11 is 0. The third kappa shape index (κ3) is 3.94. The van der Waals surface area contributed by atoms with Gasteiger partial charge in [-0.15, -0.1) is 0 Å². The van der Waals surface area contributed by atoms with Crippen molar-refractivity contribution in [3.8, 4) is 5.75 Å². The number of carbonyl (C=O) groups is 1. The number of allylic oxidation sites excluding steroid dienone is 1. The first-order valence-corrected chi connectivity index (χ1v) is 11.7. The molecule has 0 bridgehead atoms. The number of rotatable bonds is 5. The van der Waals surface area contributed by atoms with E-state index in [1.54, 1.807) is 29.6 Å². The topological polar surface area (TPSA) is 63.7 Å². The van der Waals surface area contributed by atoms with Crippen LogP contribution in [0, 0.1) is 12.3 Å². The van der Waals surface area contributed by atoms with E-state index in [2.05, 4.69) is 0 Å². The van der Waals surface area contributed by atoms with E-state index in [-0.39, 0.29) is 11.2 Å². The van der Waals surface area contributed by atoms with Crippen LogP contribution < -0.4 is 4.74 Å². The molecule has 1 saturated heterocycles. The number of carbonyl (C=O) groups excluding carboxylic acids is 1. The van der Waals surface area contributed by atoms with Crippen LogP contribution in [0.4, 0.5) is 0 Å². The van der Waals surface area contributed by atoms with Crippen LogP contribution in [0.1, 0.15) is 30.4 Å². The highest BCUT2D eigenvalue weighted by molar-refractivity contribution is 7.89. The number of hydrogen-bond donors (Lipinski definition) is 0. The van der Waals surface area contributed by atoms with E-state index in [1.165, 1.54) is 0 Å². The second kappa shape index (κ2) is 8.00. The monoisotopic (exact) mass is 425 g/mol. The number of fused-ring (bicyclic) bond motifs is 1. The lowest BCUT2D eigenvalue weighted by Gasteiger charge is -2.46. The number of methoxy groups -OCH3 is 1. The second-order valence-electron chi connectivity index (χ2n) is 8.35. The maximum absolute atomic E-state index is 13.4. The molecule has 5 nitrogen and oxygen atoms in total. The Labute approximate surface area is 178 Å². The first-order valence-electron chi connectivity index (χ1n) is 10.3. The van der Waals surface area contributed by atoms with E-state index in [0.29, 0.717) is 43.7 Å². The molecule has 4 rings (SSSR count). The van der Waals surface area contributed by atoms with Crippen LogP contribution in [0.3, 0.4) is 0 Å². The largest absolute Gasteiger partial charge is 0.497 e. The second-order valence-corrected chi connectivity index (χ2v) is 10.3. The molecule has 0 N–H and O–H groups in total. The van der Waals surface area contributed by atoms with Crippen molar-refractivity contribution in [3.05, 3.63) is 71.3 Å². The van der Waals surface area contributed by atoms with Crippen molar-refractivity contribution in [2.75, 3.05) is 20.2 Å². The lowest BCUT2D eigenvalue weighted by Crippen LogP contribution is -2.49. The predicted molar refractivity (Wildman–Crippen MR) is 116 cm³/mol. The molecule has 1 heterocycles. The third-order valence-electron chi connectivity index (χ3n) is 6.31. The van der Waals surface area contributed by atoms with Gasteiger partial charge in [0.05, 0.1) is 12.0 Å². The van der Waals surface area contributed by atoms with Crippen molar-refractivity contribution in [1.82, 2.24) is 4.31 Å². The minimum Gasteiger partial charge on any atom is -0.497 e. The number of ether oxygens (including phenoxy) is 1. The Morgan fingerprint density at radius 3 is 2.60 bits per heavy atom. The molecule has 1 atom stereocenters. The van der Waals surface area contributed by atoms with Gasteiger partial charge < -0.3 is 4.74 Å². The summed E-state index contributed by atoms with van der Waals surface area (Å²) in [5, 5.41) is 0. The Balaban J connectivity index is 1.69. The minimum absolute atomic E-state index is 0.140. The maximum atomic E-state index is 13.4. The molecule has 1 unspecified atom stereocenters. The molecule has 1 aliphatic heterocycles. The Morgan fingerprint density at radius 1 is 1.10 bits per heavy atom. The number of piperidine rings is 1. The van der Waals surface area contributed by atoms with Crippen molar-refractivity contribution < 1.29 is 17.9 Å². The van der Waals surface area contributed by atoms with Gasteiger partial charge in [0, 0.05) is 24.9 Å². The van der Waals surface area contributed by atoms with Crippen LogP contribution in [0.25, 0.3) is 0 Å². The normalized spacial score (nSPS) is 22.3. The SMILES string of the molecule is COc1cccc(CC23CCC(=O)C=C2CCN(S(=O)(=O)c2ccc(C)cc2)C3)c1.